The normalized spacial score (nSPS) is 15.0. The minimum Gasteiger partial charge on any atom is -0.378 e. The van der Waals surface area contributed by atoms with E-state index in [1.54, 1.807) is 48.2 Å². The highest BCUT2D eigenvalue weighted by atomic mass is 35.5. The fourth-order valence-electron chi connectivity index (χ4n) is 3.42. The molecule has 1 aliphatic heterocycles. The van der Waals surface area contributed by atoms with E-state index < -0.39 is 6.04 Å². The zero-order chi connectivity index (χ0) is 21.3. The van der Waals surface area contributed by atoms with Gasteiger partial charge < -0.3 is 15.4 Å². The molecule has 0 bridgehead atoms. The van der Waals surface area contributed by atoms with E-state index in [4.69, 9.17) is 27.9 Å². The van der Waals surface area contributed by atoms with Gasteiger partial charge in [0.1, 0.15) is 11.9 Å². The summed E-state index contributed by atoms with van der Waals surface area (Å²) in [4.78, 5) is 25.2. The van der Waals surface area contributed by atoms with Crippen LogP contribution in [-0.2, 0) is 20.9 Å². The van der Waals surface area contributed by atoms with Crippen LogP contribution < -0.4 is 10.6 Å². The number of ether oxygens (including phenoxy) is 1. The highest BCUT2D eigenvalue weighted by Gasteiger charge is 2.37. The SMILES string of the molecule is COCc1nn2c(c1-c1cccc(Cl)c1)NC(=O)C2CC(=O)Nc1ccc(Cl)cc1. The summed E-state index contributed by atoms with van der Waals surface area (Å²) < 4.78 is 6.83. The van der Waals surface area contributed by atoms with E-state index in [1.807, 2.05) is 12.1 Å². The number of carbonyl (C=O) groups is 2. The molecule has 1 unspecified atom stereocenters. The molecule has 9 heteroatoms. The van der Waals surface area contributed by atoms with Crippen LogP contribution in [0.4, 0.5) is 11.5 Å². The molecule has 0 radical (unpaired) electrons. The van der Waals surface area contributed by atoms with Crippen LogP contribution in [0.2, 0.25) is 10.0 Å². The molecule has 0 spiro atoms. The molecule has 3 aromatic rings. The van der Waals surface area contributed by atoms with Gasteiger partial charge >= 0.3 is 0 Å². The predicted octanol–water partition coefficient (Wildman–Crippen LogP) is 4.53. The first-order valence-corrected chi connectivity index (χ1v) is 9.94. The Morgan fingerprint density at radius 3 is 2.67 bits per heavy atom. The maximum atomic E-state index is 12.6. The molecular formula is C21H18Cl2N4O3. The standard InChI is InChI=1S/C21H18Cl2N4O3/c1-30-11-16-19(12-3-2-4-14(23)9-12)20-25-21(29)17(27(20)26-16)10-18(28)24-15-7-5-13(22)6-8-15/h2-9,17H,10-11H2,1H3,(H,24,28)(H,25,29). The molecule has 1 aromatic heterocycles. The number of fused-ring (bicyclic) bond motifs is 1. The van der Waals surface area contributed by atoms with Crippen molar-refractivity contribution in [3.63, 3.8) is 0 Å². The fraction of sp³-hybridized carbons (Fsp3) is 0.190. The maximum absolute atomic E-state index is 12.6. The largest absolute Gasteiger partial charge is 0.378 e. The molecule has 154 valence electrons. The van der Waals surface area contributed by atoms with Gasteiger partial charge in [-0.1, -0.05) is 35.3 Å². The van der Waals surface area contributed by atoms with E-state index >= 15 is 0 Å². The number of benzene rings is 2. The van der Waals surface area contributed by atoms with E-state index in [0.29, 0.717) is 27.2 Å². The van der Waals surface area contributed by atoms with Crippen molar-refractivity contribution in [1.82, 2.24) is 9.78 Å². The van der Waals surface area contributed by atoms with Crippen LogP contribution in [0.5, 0.6) is 0 Å². The third-order valence-corrected chi connectivity index (χ3v) is 5.21. The summed E-state index contributed by atoms with van der Waals surface area (Å²) in [6, 6.07) is 13.3. The molecule has 0 aliphatic carbocycles. The average molecular weight is 445 g/mol. The van der Waals surface area contributed by atoms with Crippen LogP contribution in [0, 0.1) is 0 Å². The van der Waals surface area contributed by atoms with Gasteiger partial charge in [-0.3, -0.25) is 9.59 Å². The molecular weight excluding hydrogens is 427 g/mol. The molecule has 4 rings (SSSR count). The molecule has 0 fully saturated rings. The molecule has 1 atom stereocenters. The minimum absolute atomic E-state index is 0.0649. The first kappa shape index (κ1) is 20.4. The summed E-state index contributed by atoms with van der Waals surface area (Å²) in [5.74, 6) is -0.0759. The van der Waals surface area contributed by atoms with Crippen molar-refractivity contribution in [2.75, 3.05) is 17.7 Å². The molecule has 30 heavy (non-hydrogen) atoms. The molecule has 2 heterocycles. The third-order valence-electron chi connectivity index (χ3n) is 4.72. The monoisotopic (exact) mass is 444 g/mol. The van der Waals surface area contributed by atoms with Crippen LogP contribution >= 0.6 is 23.2 Å². The van der Waals surface area contributed by atoms with E-state index in [0.717, 1.165) is 11.1 Å². The van der Waals surface area contributed by atoms with Crippen LogP contribution in [0.1, 0.15) is 18.2 Å². The number of halogens is 2. The number of hydrogen-bond acceptors (Lipinski definition) is 4. The Morgan fingerprint density at radius 1 is 1.20 bits per heavy atom. The zero-order valence-electron chi connectivity index (χ0n) is 16.0. The molecule has 1 aliphatic rings. The molecule has 2 aromatic carbocycles. The lowest BCUT2D eigenvalue weighted by molar-refractivity contribution is -0.123. The molecule has 2 N–H and O–H groups in total. The Kier molecular flexibility index (Phi) is 5.76. The zero-order valence-corrected chi connectivity index (χ0v) is 17.5. The molecule has 2 amide bonds. The number of amides is 2. The number of nitrogens with one attached hydrogen (secondary N) is 2. The smallest absolute Gasteiger partial charge is 0.251 e. The summed E-state index contributed by atoms with van der Waals surface area (Å²) >= 11 is 12.0. The van der Waals surface area contributed by atoms with Crippen LogP contribution in [0.3, 0.4) is 0 Å². The first-order valence-electron chi connectivity index (χ1n) is 9.19. The fourth-order valence-corrected chi connectivity index (χ4v) is 3.74. The van der Waals surface area contributed by atoms with Gasteiger partial charge in [-0.25, -0.2) is 4.68 Å². The topological polar surface area (TPSA) is 85.2 Å². The summed E-state index contributed by atoms with van der Waals surface area (Å²) in [5.41, 5.74) is 2.79. The lowest BCUT2D eigenvalue weighted by atomic mass is 10.1. The quantitative estimate of drug-likeness (QED) is 0.584. The van der Waals surface area contributed by atoms with Crippen molar-refractivity contribution in [1.29, 1.82) is 0 Å². The number of hydrogen-bond donors (Lipinski definition) is 2. The van der Waals surface area contributed by atoms with Crippen molar-refractivity contribution in [2.45, 2.75) is 19.1 Å². The van der Waals surface area contributed by atoms with Gasteiger partial charge in [0.15, 0.2) is 0 Å². The summed E-state index contributed by atoms with van der Waals surface area (Å²) in [5, 5.41) is 11.3. The number of methoxy groups -OCH3 is 1. The number of aromatic nitrogens is 2. The average Bonchev–Trinajstić information content (AvgIpc) is 3.19. The van der Waals surface area contributed by atoms with Crippen molar-refractivity contribution < 1.29 is 14.3 Å². The van der Waals surface area contributed by atoms with Gasteiger partial charge in [0.25, 0.3) is 5.91 Å². The summed E-state index contributed by atoms with van der Waals surface area (Å²) in [7, 11) is 1.57. The Hall–Kier alpha value is -2.87. The van der Waals surface area contributed by atoms with Crippen molar-refractivity contribution in [3.8, 4) is 11.1 Å². The second kappa shape index (κ2) is 8.47. The second-order valence-corrected chi connectivity index (χ2v) is 7.70. The number of rotatable bonds is 6. The van der Waals surface area contributed by atoms with Crippen molar-refractivity contribution in [2.24, 2.45) is 0 Å². The molecule has 0 saturated heterocycles. The minimum atomic E-state index is -0.768. The molecule has 7 nitrogen and oxygen atoms in total. The van der Waals surface area contributed by atoms with Crippen molar-refractivity contribution >= 4 is 46.5 Å². The van der Waals surface area contributed by atoms with Gasteiger partial charge in [0, 0.05) is 28.4 Å². The third kappa shape index (κ3) is 4.05. The highest BCUT2D eigenvalue weighted by molar-refractivity contribution is 6.31. The van der Waals surface area contributed by atoms with Crippen LogP contribution in [-0.4, -0.2) is 28.7 Å². The van der Waals surface area contributed by atoms with E-state index in [1.165, 1.54) is 0 Å². The Labute approximate surface area is 182 Å². The summed E-state index contributed by atoms with van der Waals surface area (Å²) in [6.07, 6.45) is -0.0649. The van der Waals surface area contributed by atoms with Gasteiger partial charge in [-0.2, -0.15) is 5.10 Å². The first-order chi connectivity index (χ1) is 14.5. The highest BCUT2D eigenvalue weighted by Crippen LogP contribution is 2.39. The van der Waals surface area contributed by atoms with E-state index in [-0.39, 0.29) is 24.8 Å². The van der Waals surface area contributed by atoms with Gasteiger partial charge in [0.2, 0.25) is 5.91 Å². The lowest BCUT2D eigenvalue weighted by Crippen LogP contribution is -2.24. The van der Waals surface area contributed by atoms with E-state index in [9.17, 15) is 9.59 Å². The predicted molar refractivity (Wildman–Crippen MR) is 116 cm³/mol. The maximum Gasteiger partial charge on any atom is 0.251 e. The lowest BCUT2D eigenvalue weighted by Gasteiger charge is -2.10. The van der Waals surface area contributed by atoms with Crippen LogP contribution in [0.25, 0.3) is 11.1 Å². The molecule has 0 saturated carbocycles. The van der Waals surface area contributed by atoms with Gasteiger partial charge in [-0.15, -0.1) is 0 Å². The summed E-state index contributed by atoms with van der Waals surface area (Å²) in [6.45, 7) is 0.251. The second-order valence-electron chi connectivity index (χ2n) is 6.82. The van der Waals surface area contributed by atoms with Gasteiger partial charge in [-0.05, 0) is 42.0 Å². The Bertz CT molecular complexity index is 1110. The Balaban J connectivity index is 1.62. The van der Waals surface area contributed by atoms with Crippen molar-refractivity contribution in [3.05, 3.63) is 64.3 Å². The Morgan fingerprint density at radius 2 is 1.97 bits per heavy atom. The number of carbonyl (C=O) groups excluding carboxylic acids is 2. The van der Waals surface area contributed by atoms with Crippen LogP contribution in [0.15, 0.2) is 48.5 Å². The number of anilines is 2. The van der Waals surface area contributed by atoms with Gasteiger partial charge in [0.05, 0.1) is 18.7 Å². The number of nitrogens with zero attached hydrogens (tertiary/aromatic N) is 2. The van der Waals surface area contributed by atoms with E-state index in [2.05, 4.69) is 15.7 Å².